The SMILES string of the molecule is [2H]c1c([2H])c([2H])c2c(c1[2H])c1c([2H])c([2H])c([2H])c([2H])c1n2-c1nc(-c2cccc3c2oc2ccc(-c4ccccc4)cc23)nc(-n2c3c([2H])c([2H])c([2H])c([2H])c3c3c([2H])c([2H])c([2H])c([2H])c32)n1. The first-order valence-corrected chi connectivity index (χ1v) is 15.7. The molecule has 0 spiro atoms. The smallest absolute Gasteiger partial charge is 0.240 e. The summed E-state index contributed by atoms with van der Waals surface area (Å²) >= 11 is 0. The van der Waals surface area contributed by atoms with E-state index in [1.807, 2.05) is 54.6 Å². The Morgan fingerprint density at radius 2 is 0.980 bits per heavy atom. The van der Waals surface area contributed by atoms with Crippen LogP contribution < -0.4 is 0 Å². The van der Waals surface area contributed by atoms with Gasteiger partial charge in [0.2, 0.25) is 11.9 Å². The molecule has 238 valence electrons. The Hall–Kier alpha value is -7.05. The highest BCUT2D eigenvalue weighted by Gasteiger charge is 2.22. The molecule has 6 nitrogen and oxygen atoms in total. The highest BCUT2D eigenvalue weighted by molar-refractivity contribution is 6.12. The Bertz CT molecular complexity index is 3740. The molecule has 0 aliphatic carbocycles. The van der Waals surface area contributed by atoms with Crippen molar-refractivity contribution < 1.29 is 26.3 Å². The largest absolute Gasteiger partial charge is 0.455 e. The zero-order valence-corrected chi connectivity index (χ0v) is 26.0. The van der Waals surface area contributed by atoms with Crippen molar-refractivity contribution in [3.8, 4) is 34.4 Å². The van der Waals surface area contributed by atoms with Gasteiger partial charge in [0.15, 0.2) is 5.82 Å². The number of furan rings is 1. The van der Waals surface area contributed by atoms with E-state index in [4.69, 9.17) is 35.8 Å². The second-order valence-electron chi connectivity index (χ2n) is 11.7. The average Bonchev–Trinajstić information content (AvgIpc) is 4.03. The van der Waals surface area contributed by atoms with Crippen molar-refractivity contribution in [1.29, 1.82) is 0 Å². The number of hydrogen-bond donors (Lipinski definition) is 0. The molecule has 0 atom stereocenters. The standard InChI is InChI=1S/C45H27N5O/c1-2-13-28(14-3-1)29-25-26-41-36(27-29)34-19-12-20-35(42(34)51-41)43-46-44(49-37-21-8-4-15-30(37)31-16-5-9-22-38(31)49)48-45(47-43)50-39-23-10-6-17-32(39)33-18-7-11-24-40(33)50/h1-27H/i4D,5D,6D,7D,8D,9D,10D,11D,15D,16D,17D,18D,21D,22D,23D,24D. The third-order valence-corrected chi connectivity index (χ3v) is 8.92. The fourth-order valence-corrected chi connectivity index (χ4v) is 6.70. The summed E-state index contributed by atoms with van der Waals surface area (Å²) in [6.45, 7) is 0. The van der Waals surface area contributed by atoms with Crippen molar-refractivity contribution in [2.75, 3.05) is 0 Å². The van der Waals surface area contributed by atoms with E-state index in [1.165, 1.54) is 0 Å². The number of benzene rings is 7. The van der Waals surface area contributed by atoms with Crippen molar-refractivity contribution in [3.63, 3.8) is 0 Å². The summed E-state index contributed by atoms with van der Waals surface area (Å²) in [5, 5.41) is 0.247. The lowest BCUT2D eigenvalue weighted by molar-refractivity contribution is 0.669. The zero-order valence-electron chi connectivity index (χ0n) is 42.0. The Kier molecular flexibility index (Phi) is 3.48. The Labute approximate surface area is 314 Å². The molecule has 7 aromatic carbocycles. The maximum Gasteiger partial charge on any atom is 0.240 e. The maximum atomic E-state index is 9.18. The molecular formula is C45H27N5O. The summed E-state index contributed by atoms with van der Waals surface area (Å²) in [5.74, 6) is -1.20. The van der Waals surface area contributed by atoms with Crippen LogP contribution in [-0.2, 0) is 0 Å². The summed E-state index contributed by atoms with van der Waals surface area (Å²) < 4.78 is 150. The van der Waals surface area contributed by atoms with Crippen LogP contribution in [0.2, 0.25) is 0 Å². The Morgan fingerprint density at radius 1 is 0.451 bits per heavy atom. The fraction of sp³-hybridized carbons (Fsp3) is 0. The van der Waals surface area contributed by atoms with Gasteiger partial charge in [-0.1, -0.05) is 121 Å². The second-order valence-corrected chi connectivity index (χ2v) is 11.7. The second kappa shape index (κ2) is 10.7. The molecule has 11 rings (SSSR count). The van der Waals surface area contributed by atoms with Crippen LogP contribution in [0, 0.1) is 0 Å². The van der Waals surface area contributed by atoms with Crippen LogP contribution in [0.1, 0.15) is 21.9 Å². The van der Waals surface area contributed by atoms with Crippen LogP contribution in [0.4, 0.5) is 0 Å². The highest BCUT2D eigenvalue weighted by atomic mass is 16.3. The topological polar surface area (TPSA) is 61.7 Å². The van der Waals surface area contributed by atoms with Gasteiger partial charge in [-0.25, -0.2) is 0 Å². The fourth-order valence-electron chi connectivity index (χ4n) is 6.70. The van der Waals surface area contributed by atoms with Crippen molar-refractivity contribution in [2.24, 2.45) is 0 Å². The van der Waals surface area contributed by atoms with Gasteiger partial charge in [0.1, 0.15) is 11.2 Å². The number of fused-ring (bicyclic) bond motifs is 9. The van der Waals surface area contributed by atoms with E-state index in [-0.39, 0.29) is 60.6 Å². The number of nitrogens with zero attached hydrogens (tertiary/aromatic N) is 5. The number of para-hydroxylation sites is 5. The van der Waals surface area contributed by atoms with Gasteiger partial charge < -0.3 is 4.42 Å². The lowest BCUT2D eigenvalue weighted by atomic mass is 10.0. The van der Waals surface area contributed by atoms with Crippen LogP contribution in [0.5, 0.6) is 0 Å². The van der Waals surface area contributed by atoms with E-state index in [1.54, 1.807) is 12.1 Å². The third-order valence-electron chi connectivity index (χ3n) is 8.92. The van der Waals surface area contributed by atoms with Crippen LogP contribution in [0.3, 0.4) is 0 Å². The molecule has 4 heterocycles. The van der Waals surface area contributed by atoms with Gasteiger partial charge in [-0.15, -0.1) is 0 Å². The van der Waals surface area contributed by atoms with Crippen molar-refractivity contribution in [3.05, 3.63) is 163 Å². The number of aromatic nitrogens is 5. The first-order chi connectivity index (χ1) is 31.9. The minimum absolute atomic E-state index is 0.207. The molecule has 0 N–H and O–H groups in total. The molecule has 0 aliphatic rings. The van der Waals surface area contributed by atoms with Gasteiger partial charge in [-0.3, -0.25) is 9.13 Å². The van der Waals surface area contributed by atoms with Crippen LogP contribution in [-0.4, -0.2) is 24.1 Å². The molecule has 6 heteroatoms. The lowest BCUT2D eigenvalue weighted by Crippen LogP contribution is -2.10. The molecule has 4 aromatic heterocycles. The Balaban J connectivity index is 1.35. The van der Waals surface area contributed by atoms with Gasteiger partial charge in [-0.05, 0) is 53.5 Å². The van der Waals surface area contributed by atoms with Gasteiger partial charge in [-0.2, -0.15) is 15.0 Å². The predicted octanol–water partition coefficient (Wildman–Crippen LogP) is 11.3. The van der Waals surface area contributed by atoms with Crippen molar-refractivity contribution >= 4 is 65.6 Å². The molecule has 0 aliphatic heterocycles. The van der Waals surface area contributed by atoms with Crippen LogP contribution in [0.15, 0.2) is 168 Å². The molecule has 0 unspecified atom stereocenters. The zero-order chi connectivity index (χ0) is 47.4. The van der Waals surface area contributed by atoms with E-state index >= 15 is 0 Å². The quantitative estimate of drug-likeness (QED) is 0.187. The monoisotopic (exact) mass is 669 g/mol. The molecule has 0 saturated heterocycles. The molecule has 0 radical (unpaired) electrons. The molecule has 11 aromatic rings. The lowest BCUT2D eigenvalue weighted by Gasteiger charge is -2.12. The van der Waals surface area contributed by atoms with Crippen LogP contribution >= 0.6 is 0 Å². The van der Waals surface area contributed by atoms with Gasteiger partial charge in [0, 0.05) is 32.3 Å². The molecule has 0 saturated carbocycles. The van der Waals surface area contributed by atoms with E-state index in [9.17, 15) is 5.48 Å². The van der Waals surface area contributed by atoms with E-state index in [0.29, 0.717) is 11.0 Å². The summed E-state index contributed by atoms with van der Waals surface area (Å²) in [5.41, 5.74) is 1.47. The molecule has 0 amide bonds. The van der Waals surface area contributed by atoms with E-state index in [2.05, 4.69) is 0 Å². The summed E-state index contributed by atoms with van der Waals surface area (Å²) in [7, 11) is 0. The van der Waals surface area contributed by atoms with E-state index < -0.39 is 109 Å². The molecule has 0 bridgehead atoms. The maximum absolute atomic E-state index is 9.18. The molecule has 0 fully saturated rings. The summed E-state index contributed by atoms with van der Waals surface area (Å²) in [6.07, 6.45) is 0. The first-order valence-electron chi connectivity index (χ1n) is 23.7. The summed E-state index contributed by atoms with van der Waals surface area (Å²) in [6, 6.07) is 9.90. The number of hydrogen-bond acceptors (Lipinski definition) is 4. The first kappa shape index (κ1) is 16.6. The van der Waals surface area contributed by atoms with Gasteiger partial charge >= 0.3 is 0 Å². The van der Waals surface area contributed by atoms with Crippen LogP contribution in [0.25, 0.3) is 100.0 Å². The highest BCUT2D eigenvalue weighted by Crippen LogP contribution is 2.39. The number of rotatable bonds is 4. The molecular weight excluding hydrogens is 627 g/mol. The van der Waals surface area contributed by atoms with Gasteiger partial charge in [0.05, 0.1) is 49.6 Å². The van der Waals surface area contributed by atoms with Crippen molar-refractivity contribution in [1.82, 2.24) is 24.1 Å². The van der Waals surface area contributed by atoms with E-state index in [0.717, 1.165) is 25.6 Å². The van der Waals surface area contributed by atoms with Crippen molar-refractivity contribution in [2.45, 2.75) is 0 Å². The third kappa shape index (κ3) is 4.14. The normalized spacial score (nSPS) is 16.3. The minimum atomic E-state index is -0.706. The minimum Gasteiger partial charge on any atom is -0.455 e. The summed E-state index contributed by atoms with van der Waals surface area (Å²) in [4.78, 5) is 14.5. The molecule has 51 heavy (non-hydrogen) atoms. The Morgan fingerprint density at radius 3 is 1.53 bits per heavy atom. The van der Waals surface area contributed by atoms with Gasteiger partial charge in [0.25, 0.3) is 0 Å². The average molecular weight is 670 g/mol. The predicted molar refractivity (Wildman–Crippen MR) is 207 cm³/mol.